The first kappa shape index (κ1) is 14.1. The van der Waals surface area contributed by atoms with Crippen molar-refractivity contribution in [2.45, 2.75) is 26.2 Å². The highest BCUT2D eigenvalue weighted by Crippen LogP contribution is 2.14. The van der Waals surface area contributed by atoms with E-state index in [2.05, 4.69) is 10.1 Å². The molecule has 0 saturated carbocycles. The summed E-state index contributed by atoms with van der Waals surface area (Å²) in [7, 11) is 0. The van der Waals surface area contributed by atoms with Crippen LogP contribution < -0.4 is 5.32 Å². The summed E-state index contributed by atoms with van der Waals surface area (Å²) in [5, 5.41) is 3.17. The molecule has 3 nitrogen and oxygen atoms in total. The van der Waals surface area contributed by atoms with Gasteiger partial charge in [0.1, 0.15) is 6.61 Å². The summed E-state index contributed by atoms with van der Waals surface area (Å²) >= 11 is 0. The molecule has 1 N–H and O–H groups in total. The summed E-state index contributed by atoms with van der Waals surface area (Å²) in [4.78, 5) is 0. The van der Waals surface area contributed by atoms with Gasteiger partial charge in [0, 0.05) is 25.5 Å². The van der Waals surface area contributed by atoms with Gasteiger partial charge in [-0.25, -0.2) is 0 Å². The topological polar surface area (TPSA) is 26.2 Å². The molecule has 0 amide bonds. The van der Waals surface area contributed by atoms with Gasteiger partial charge in [-0.15, -0.1) is 0 Å². The SMILES string of the molecule is CCNCc1ccn(CCOCC(F)(F)F)c1. The van der Waals surface area contributed by atoms with E-state index in [1.165, 1.54) is 0 Å². The van der Waals surface area contributed by atoms with Crippen molar-refractivity contribution < 1.29 is 17.9 Å². The summed E-state index contributed by atoms with van der Waals surface area (Å²) in [6, 6.07) is 1.94. The van der Waals surface area contributed by atoms with Crippen molar-refractivity contribution in [2.24, 2.45) is 0 Å². The molecule has 0 aromatic carbocycles. The Bertz CT molecular complexity index is 323. The second-order valence-electron chi connectivity index (χ2n) is 3.71. The van der Waals surface area contributed by atoms with Crippen LogP contribution in [0.15, 0.2) is 18.5 Å². The summed E-state index contributed by atoms with van der Waals surface area (Å²) in [6.07, 6.45) is -0.504. The fourth-order valence-corrected chi connectivity index (χ4v) is 1.36. The molecule has 1 heterocycles. The van der Waals surface area contributed by atoms with Crippen LogP contribution in [0.1, 0.15) is 12.5 Å². The number of alkyl halides is 3. The minimum absolute atomic E-state index is 0.0643. The van der Waals surface area contributed by atoms with Gasteiger partial charge >= 0.3 is 6.18 Å². The van der Waals surface area contributed by atoms with E-state index < -0.39 is 12.8 Å². The van der Waals surface area contributed by atoms with E-state index in [1.807, 2.05) is 30.0 Å². The molecule has 17 heavy (non-hydrogen) atoms. The van der Waals surface area contributed by atoms with Gasteiger partial charge in [0.05, 0.1) is 6.61 Å². The van der Waals surface area contributed by atoms with Crippen molar-refractivity contribution in [3.63, 3.8) is 0 Å². The number of aromatic nitrogens is 1. The maximum atomic E-state index is 11.8. The Morgan fingerprint density at radius 2 is 2.18 bits per heavy atom. The van der Waals surface area contributed by atoms with Gasteiger partial charge in [0.15, 0.2) is 0 Å². The Balaban J connectivity index is 2.21. The standard InChI is InChI=1S/C11H17F3N2O/c1-2-15-7-10-3-4-16(8-10)5-6-17-9-11(12,13)14/h3-4,8,15H,2,5-7,9H2,1H3. The highest BCUT2D eigenvalue weighted by atomic mass is 19.4. The van der Waals surface area contributed by atoms with E-state index in [1.54, 1.807) is 0 Å². The number of ether oxygens (including phenoxy) is 1. The molecule has 1 aromatic rings. The van der Waals surface area contributed by atoms with E-state index >= 15 is 0 Å². The van der Waals surface area contributed by atoms with Crippen LogP contribution in [0, 0.1) is 0 Å². The Hall–Kier alpha value is -1.01. The molecule has 0 bridgehead atoms. The van der Waals surface area contributed by atoms with Crippen molar-refractivity contribution in [1.82, 2.24) is 9.88 Å². The zero-order chi connectivity index (χ0) is 12.7. The molecule has 0 aliphatic carbocycles. The summed E-state index contributed by atoms with van der Waals surface area (Å²) in [6.45, 7) is 2.99. The van der Waals surface area contributed by atoms with Gasteiger partial charge in [-0.1, -0.05) is 6.92 Å². The quantitative estimate of drug-likeness (QED) is 0.751. The largest absolute Gasteiger partial charge is 0.411 e. The van der Waals surface area contributed by atoms with Crippen LogP contribution in [-0.2, 0) is 17.8 Å². The molecule has 0 fully saturated rings. The molecule has 0 radical (unpaired) electrons. The normalized spacial score (nSPS) is 12.0. The number of halogens is 3. The maximum Gasteiger partial charge on any atom is 0.411 e. The second-order valence-corrected chi connectivity index (χ2v) is 3.71. The van der Waals surface area contributed by atoms with Crippen LogP contribution in [0.3, 0.4) is 0 Å². The molecule has 0 unspecified atom stereocenters. The molecule has 0 aliphatic rings. The van der Waals surface area contributed by atoms with Crippen LogP contribution in [0.4, 0.5) is 13.2 Å². The number of nitrogens with zero attached hydrogens (tertiary/aromatic N) is 1. The molecule has 6 heteroatoms. The zero-order valence-corrected chi connectivity index (χ0v) is 9.76. The van der Waals surface area contributed by atoms with Gasteiger partial charge in [0.2, 0.25) is 0 Å². The molecular formula is C11H17F3N2O. The zero-order valence-electron chi connectivity index (χ0n) is 9.76. The fourth-order valence-electron chi connectivity index (χ4n) is 1.36. The Kier molecular flexibility index (Phi) is 5.50. The van der Waals surface area contributed by atoms with Gasteiger partial charge in [-0.2, -0.15) is 13.2 Å². The smallest absolute Gasteiger partial charge is 0.370 e. The van der Waals surface area contributed by atoms with E-state index in [9.17, 15) is 13.2 Å². The average molecular weight is 250 g/mol. The highest BCUT2D eigenvalue weighted by Gasteiger charge is 2.27. The van der Waals surface area contributed by atoms with Gasteiger partial charge < -0.3 is 14.6 Å². The van der Waals surface area contributed by atoms with Crippen molar-refractivity contribution in [3.8, 4) is 0 Å². The van der Waals surface area contributed by atoms with Gasteiger partial charge in [-0.3, -0.25) is 0 Å². The number of nitrogens with one attached hydrogen (secondary N) is 1. The first-order valence-electron chi connectivity index (χ1n) is 5.51. The number of hydrogen-bond donors (Lipinski definition) is 1. The second kappa shape index (κ2) is 6.66. The predicted octanol–water partition coefficient (Wildman–Crippen LogP) is 2.18. The van der Waals surface area contributed by atoms with E-state index in [4.69, 9.17) is 0 Å². The Labute approximate surface area is 98.6 Å². The van der Waals surface area contributed by atoms with E-state index in [0.717, 1.165) is 18.7 Å². The van der Waals surface area contributed by atoms with E-state index in [0.29, 0.717) is 6.54 Å². The minimum Gasteiger partial charge on any atom is -0.370 e. The summed E-state index contributed by atoms with van der Waals surface area (Å²) in [5.41, 5.74) is 1.11. The highest BCUT2D eigenvalue weighted by molar-refractivity contribution is 5.09. The van der Waals surface area contributed by atoms with E-state index in [-0.39, 0.29) is 6.61 Å². The van der Waals surface area contributed by atoms with Crippen LogP contribution in [0.5, 0.6) is 0 Å². The van der Waals surface area contributed by atoms with Crippen molar-refractivity contribution >= 4 is 0 Å². The first-order chi connectivity index (χ1) is 8.01. The third kappa shape index (κ3) is 6.33. The lowest BCUT2D eigenvalue weighted by Gasteiger charge is -2.07. The third-order valence-electron chi connectivity index (χ3n) is 2.15. The van der Waals surface area contributed by atoms with Crippen LogP contribution in [0.2, 0.25) is 0 Å². The summed E-state index contributed by atoms with van der Waals surface area (Å²) < 4.78 is 41.7. The van der Waals surface area contributed by atoms with Gasteiger partial charge in [0.25, 0.3) is 0 Å². The molecule has 0 saturated heterocycles. The van der Waals surface area contributed by atoms with Gasteiger partial charge in [-0.05, 0) is 18.2 Å². The molecule has 0 spiro atoms. The minimum atomic E-state index is -4.24. The monoisotopic (exact) mass is 250 g/mol. The lowest BCUT2D eigenvalue weighted by Crippen LogP contribution is -2.18. The maximum absolute atomic E-state index is 11.8. The predicted molar refractivity (Wildman–Crippen MR) is 58.7 cm³/mol. The average Bonchev–Trinajstić information content (AvgIpc) is 2.68. The Morgan fingerprint density at radius 3 is 2.82 bits per heavy atom. The first-order valence-corrected chi connectivity index (χ1v) is 5.51. The molecular weight excluding hydrogens is 233 g/mol. The molecule has 0 aliphatic heterocycles. The van der Waals surface area contributed by atoms with Crippen LogP contribution in [0.25, 0.3) is 0 Å². The lowest BCUT2D eigenvalue weighted by atomic mass is 10.3. The Morgan fingerprint density at radius 1 is 1.41 bits per heavy atom. The van der Waals surface area contributed by atoms with Crippen molar-refractivity contribution in [2.75, 3.05) is 19.8 Å². The summed E-state index contributed by atoms with van der Waals surface area (Å²) in [5.74, 6) is 0. The molecule has 0 atom stereocenters. The fraction of sp³-hybridized carbons (Fsp3) is 0.636. The number of hydrogen-bond acceptors (Lipinski definition) is 2. The third-order valence-corrected chi connectivity index (χ3v) is 2.15. The molecule has 1 rings (SSSR count). The van der Waals surface area contributed by atoms with Crippen LogP contribution in [-0.4, -0.2) is 30.5 Å². The van der Waals surface area contributed by atoms with Crippen molar-refractivity contribution in [3.05, 3.63) is 24.0 Å². The lowest BCUT2D eigenvalue weighted by molar-refractivity contribution is -0.174. The van der Waals surface area contributed by atoms with Crippen LogP contribution >= 0.6 is 0 Å². The molecule has 1 aromatic heterocycles. The van der Waals surface area contributed by atoms with Crippen molar-refractivity contribution in [1.29, 1.82) is 0 Å². The number of rotatable bonds is 7. The molecule has 98 valence electrons.